The van der Waals surface area contributed by atoms with Gasteiger partial charge in [0.05, 0.1) is 0 Å². The summed E-state index contributed by atoms with van der Waals surface area (Å²) >= 11 is 0. The quantitative estimate of drug-likeness (QED) is 0.756. The lowest BCUT2D eigenvalue weighted by Crippen LogP contribution is -2.32. The summed E-state index contributed by atoms with van der Waals surface area (Å²) in [6, 6.07) is 7.12. The van der Waals surface area contributed by atoms with Gasteiger partial charge in [-0.1, -0.05) is 38.8 Å². The molecule has 0 spiro atoms. The monoisotopic (exact) mass is 263 g/mol. The summed E-state index contributed by atoms with van der Waals surface area (Å²) in [5, 5.41) is 12.2. The number of carbonyl (C=O) groups is 1. The molecule has 0 saturated carbocycles. The van der Waals surface area contributed by atoms with E-state index in [-0.39, 0.29) is 17.6 Å². The average molecular weight is 263 g/mol. The zero-order chi connectivity index (χ0) is 14.1. The fraction of sp³-hybridized carbons (Fsp3) is 0.562. The van der Waals surface area contributed by atoms with E-state index in [1.165, 1.54) is 0 Å². The van der Waals surface area contributed by atoms with E-state index >= 15 is 0 Å². The molecule has 2 N–H and O–H groups in total. The van der Waals surface area contributed by atoms with Crippen LogP contribution in [0.5, 0.6) is 5.75 Å². The lowest BCUT2D eigenvalue weighted by atomic mass is 9.98. The maximum Gasteiger partial charge on any atom is 0.223 e. The summed E-state index contributed by atoms with van der Waals surface area (Å²) in [7, 11) is 0. The van der Waals surface area contributed by atoms with Crippen LogP contribution in [0.25, 0.3) is 0 Å². The molecule has 0 aliphatic heterocycles. The lowest BCUT2D eigenvalue weighted by molar-refractivity contribution is -0.125. The van der Waals surface area contributed by atoms with E-state index in [2.05, 4.69) is 19.2 Å². The molecule has 1 atom stereocenters. The molecular weight excluding hydrogens is 238 g/mol. The Kier molecular flexibility index (Phi) is 7.01. The summed E-state index contributed by atoms with van der Waals surface area (Å²) in [6.07, 6.45) is 4.94. The number of aromatic hydroxyl groups is 1. The number of unbranched alkanes of at least 4 members (excludes halogenated alkanes) is 1. The van der Waals surface area contributed by atoms with Gasteiger partial charge < -0.3 is 10.4 Å². The van der Waals surface area contributed by atoms with Gasteiger partial charge in [-0.15, -0.1) is 0 Å². The van der Waals surface area contributed by atoms with Crippen molar-refractivity contribution in [3.8, 4) is 5.75 Å². The number of phenols is 1. The van der Waals surface area contributed by atoms with Gasteiger partial charge in [0.1, 0.15) is 5.75 Å². The molecule has 0 aliphatic rings. The van der Waals surface area contributed by atoms with Crippen LogP contribution >= 0.6 is 0 Å². The van der Waals surface area contributed by atoms with E-state index in [1.54, 1.807) is 12.1 Å². The molecule has 3 nitrogen and oxygen atoms in total. The van der Waals surface area contributed by atoms with E-state index in [9.17, 15) is 9.90 Å². The molecule has 1 amide bonds. The highest BCUT2D eigenvalue weighted by molar-refractivity contribution is 5.78. The van der Waals surface area contributed by atoms with Crippen LogP contribution in [0.2, 0.25) is 0 Å². The number of carbonyl (C=O) groups excluding carboxylic acids is 1. The van der Waals surface area contributed by atoms with Crippen molar-refractivity contribution in [2.24, 2.45) is 5.92 Å². The molecule has 1 aromatic rings. The fourth-order valence-electron chi connectivity index (χ4n) is 2.11. The molecule has 0 aromatic heterocycles. The SMILES string of the molecule is CCCCC(CC)C(=O)NCCc1ccc(O)cc1. The Morgan fingerprint density at radius 1 is 1.26 bits per heavy atom. The maximum atomic E-state index is 12.0. The van der Waals surface area contributed by atoms with E-state index in [1.807, 2.05) is 12.1 Å². The van der Waals surface area contributed by atoms with Crippen LogP contribution in [0.3, 0.4) is 0 Å². The van der Waals surface area contributed by atoms with Crippen LogP contribution in [0.1, 0.15) is 45.1 Å². The van der Waals surface area contributed by atoms with Crippen molar-refractivity contribution >= 4 is 5.91 Å². The van der Waals surface area contributed by atoms with Gasteiger partial charge in [0.15, 0.2) is 0 Å². The van der Waals surface area contributed by atoms with E-state index < -0.39 is 0 Å². The van der Waals surface area contributed by atoms with Gasteiger partial charge in [-0.2, -0.15) is 0 Å². The van der Waals surface area contributed by atoms with Crippen LogP contribution in [0.15, 0.2) is 24.3 Å². The Bertz CT molecular complexity index is 373. The van der Waals surface area contributed by atoms with Crippen molar-refractivity contribution in [1.29, 1.82) is 0 Å². The third-order valence-corrected chi connectivity index (χ3v) is 3.42. The second-order valence-corrected chi connectivity index (χ2v) is 4.95. The highest BCUT2D eigenvalue weighted by atomic mass is 16.3. The number of rotatable bonds is 8. The van der Waals surface area contributed by atoms with Crippen molar-refractivity contribution in [2.45, 2.75) is 46.0 Å². The molecular formula is C16H25NO2. The Balaban J connectivity index is 2.31. The van der Waals surface area contributed by atoms with Gasteiger partial charge >= 0.3 is 0 Å². The standard InChI is InChI=1S/C16H25NO2/c1-3-5-6-14(4-2)16(19)17-12-11-13-7-9-15(18)10-8-13/h7-10,14,18H,3-6,11-12H2,1-2H3,(H,17,19). The maximum absolute atomic E-state index is 12.0. The summed E-state index contributed by atoms with van der Waals surface area (Å²) in [6.45, 7) is 4.88. The van der Waals surface area contributed by atoms with E-state index in [0.29, 0.717) is 6.54 Å². The molecule has 0 heterocycles. The predicted octanol–water partition coefficient (Wildman–Crippen LogP) is 3.27. The van der Waals surface area contributed by atoms with Crippen molar-refractivity contribution in [3.05, 3.63) is 29.8 Å². The second kappa shape index (κ2) is 8.57. The van der Waals surface area contributed by atoms with Gasteiger partial charge in [0, 0.05) is 12.5 Å². The molecule has 0 bridgehead atoms. The second-order valence-electron chi connectivity index (χ2n) is 4.95. The Morgan fingerprint density at radius 3 is 2.53 bits per heavy atom. The first-order valence-electron chi connectivity index (χ1n) is 7.23. The first-order chi connectivity index (χ1) is 9.17. The first-order valence-corrected chi connectivity index (χ1v) is 7.23. The number of hydrogen-bond acceptors (Lipinski definition) is 2. The normalized spacial score (nSPS) is 12.1. The molecule has 19 heavy (non-hydrogen) atoms. The summed E-state index contributed by atoms with van der Waals surface area (Å²) in [5.74, 6) is 0.605. The molecule has 0 aliphatic carbocycles. The molecule has 1 aromatic carbocycles. The van der Waals surface area contributed by atoms with Gasteiger partial charge in [0.2, 0.25) is 5.91 Å². The number of benzene rings is 1. The van der Waals surface area contributed by atoms with Crippen LogP contribution in [-0.2, 0) is 11.2 Å². The number of hydrogen-bond donors (Lipinski definition) is 2. The van der Waals surface area contributed by atoms with Crippen LogP contribution in [0, 0.1) is 5.92 Å². The van der Waals surface area contributed by atoms with Gasteiger partial charge in [-0.05, 0) is 37.0 Å². The summed E-state index contributed by atoms with van der Waals surface area (Å²) in [5.41, 5.74) is 1.12. The average Bonchev–Trinajstić information content (AvgIpc) is 2.42. The van der Waals surface area contributed by atoms with Crippen LogP contribution in [0.4, 0.5) is 0 Å². The molecule has 0 fully saturated rings. The minimum Gasteiger partial charge on any atom is -0.508 e. The molecule has 1 rings (SSSR count). The van der Waals surface area contributed by atoms with Crippen molar-refractivity contribution in [1.82, 2.24) is 5.32 Å². The van der Waals surface area contributed by atoms with Crippen molar-refractivity contribution < 1.29 is 9.90 Å². The van der Waals surface area contributed by atoms with Crippen LogP contribution in [-0.4, -0.2) is 17.6 Å². The highest BCUT2D eigenvalue weighted by Gasteiger charge is 2.14. The van der Waals surface area contributed by atoms with Crippen LogP contribution < -0.4 is 5.32 Å². The topological polar surface area (TPSA) is 49.3 Å². The highest BCUT2D eigenvalue weighted by Crippen LogP contribution is 2.13. The summed E-state index contributed by atoms with van der Waals surface area (Å²) in [4.78, 5) is 12.0. The first kappa shape index (κ1) is 15.5. The molecule has 0 saturated heterocycles. The molecule has 3 heteroatoms. The lowest BCUT2D eigenvalue weighted by Gasteiger charge is -2.14. The smallest absolute Gasteiger partial charge is 0.223 e. The largest absolute Gasteiger partial charge is 0.508 e. The van der Waals surface area contributed by atoms with Crippen molar-refractivity contribution in [3.63, 3.8) is 0 Å². The third-order valence-electron chi connectivity index (χ3n) is 3.42. The zero-order valence-electron chi connectivity index (χ0n) is 12.0. The minimum absolute atomic E-state index is 0.153. The Hall–Kier alpha value is -1.51. The minimum atomic E-state index is 0.153. The zero-order valence-corrected chi connectivity index (χ0v) is 12.0. The fourth-order valence-corrected chi connectivity index (χ4v) is 2.11. The van der Waals surface area contributed by atoms with E-state index in [4.69, 9.17) is 0 Å². The van der Waals surface area contributed by atoms with Gasteiger partial charge in [-0.3, -0.25) is 4.79 Å². The van der Waals surface area contributed by atoms with E-state index in [0.717, 1.165) is 37.7 Å². The Morgan fingerprint density at radius 2 is 1.95 bits per heavy atom. The predicted molar refractivity (Wildman–Crippen MR) is 78.1 cm³/mol. The number of amides is 1. The Labute approximate surface area is 116 Å². The third kappa shape index (κ3) is 5.77. The molecule has 106 valence electrons. The summed E-state index contributed by atoms with van der Waals surface area (Å²) < 4.78 is 0. The number of phenolic OH excluding ortho intramolecular Hbond substituents is 1. The van der Waals surface area contributed by atoms with Gasteiger partial charge in [-0.25, -0.2) is 0 Å². The molecule has 0 radical (unpaired) electrons. The van der Waals surface area contributed by atoms with Crippen molar-refractivity contribution in [2.75, 3.05) is 6.54 Å². The molecule has 1 unspecified atom stereocenters. The number of nitrogens with one attached hydrogen (secondary N) is 1. The van der Waals surface area contributed by atoms with Gasteiger partial charge in [0.25, 0.3) is 0 Å².